The van der Waals surface area contributed by atoms with Gasteiger partial charge in [-0.15, -0.1) is 10.2 Å². The normalized spacial score (nSPS) is 19.9. The summed E-state index contributed by atoms with van der Waals surface area (Å²) in [6.45, 7) is 2.09. The van der Waals surface area contributed by atoms with Crippen molar-refractivity contribution in [3.05, 3.63) is 46.1 Å². The Kier molecular flexibility index (Phi) is 2.71. The van der Waals surface area contributed by atoms with E-state index in [1.54, 1.807) is 35.7 Å². The molecule has 1 aromatic heterocycles. The van der Waals surface area contributed by atoms with E-state index in [1.165, 1.54) is 5.03 Å². The van der Waals surface area contributed by atoms with Crippen molar-refractivity contribution in [2.45, 2.75) is 23.9 Å². The van der Waals surface area contributed by atoms with Gasteiger partial charge in [0.15, 0.2) is 5.82 Å². The van der Waals surface area contributed by atoms with Gasteiger partial charge in [-0.2, -0.15) is 0 Å². The lowest BCUT2D eigenvalue weighted by molar-refractivity contribution is 0.475. The molecule has 0 saturated heterocycles. The summed E-state index contributed by atoms with van der Waals surface area (Å²) in [5.41, 5.74) is 1.16. The highest BCUT2D eigenvalue weighted by Gasteiger charge is 2.39. The van der Waals surface area contributed by atoms with Crippen LogP contribution in [0.3, 0.4) is 0 Å². The molecule has 7 heteroatoms. The molecule has 0 bridgehead atoms. The average Bonchev–Trinajstić information content (AvgIpc) is 3.10. The lowest BCUT2D eigenvalue weighted by Crippen LogP contribution is -2.30. The molecule has 1 unspecified atom stereocenters. The number of rotatable bonds is 2. The van der Waals surface area contributed by atoms with Crippen molar-refractivity contribution in [3.63, 3.8) is 0 Å². The Morgan fingerprint density at radius 2 is 2.05 bits per heavy atom. The molecule has 1 atom stereocenters. The number of hydrogen-bond acceptors (Lipinski definition) is 6. The van der Waals surface area contributed by atoms with Gasteiger partial charge in [0.1, 0.15) is 16.2 Å². The minimum Gasteiger partial charge on any atom is -0.508 e. The van der Waals surface area contributed by atoms with E-state index in [-0.39, 0.29) is 5.37 Å². The highest BCUT2D eigenvalue weighted by Crippen LogP contribution is 2.51. The zero-order valence-electron chi connectivity index (χ0n) is 10.7. The number of phenolic OH excluding ortho intramolecular Hbond substituents is 1. The van der Waals surface area contributed by atoms with E-state index in [4.69, 9.17) is 0 Å². The van der Waals surface area contributed by atoms with Crippen LogP contribution < -0.4 is 5.01 Å². The van der Waals surface area contributed by atoms with Crippen molar-refractivity contribution in [3.8, 4) is 5.75 Å². The minimum absolute atomic E-state index is 0.167. The van der Waals surface area contributed by atoms with Crippen LogP contribution in [0.1, 0.15) is 23.7 Å². The number of fused-ring (bicyclic) bond motifs is 3. The number of aromatic nitrogens is 3. The van der Waals surface area contributed by atoms with Gasteiger partial charge in [-0.3, -0.25) is 5.01 Å². The monoisotopic (exact) mass is 304 g/mol. The molecular weight excluding hydrogens is 292 g/mol. The molecule has 20 heavy (non-hydrogen) atoms. The van der Waals surface area contributed by atoms with E-state index < -0.39 is 0 Å². The van der Waals surface area contributed by atoms with Crippen LogP contribution in [-0.2, 0) is 6.42 Å². The third-order valence-electron chi connectivity index (χ3n) is 3.33. The Labute approximate surface area is 124 Å². The van der Waals surface area contributed by atoms with Crippen molar-refractivity contribution in [1.29, 1.82) is 0 Å². The van der Waals surface area contributed by atoms with Crippen LogP contribution in [0.25, 0.3) is 0 Å². The van der Waals surface area contributed by atoms with Crippen LogP contribution in [0.5, 0.6) is 5.75 Å². The molecule has 0 aliphatic carbocycles. The summed E-state index contributed by atoms with van der Waals surface area (Å²) in [6.07, 6.45) is 0.851. The largest absolute Gasteiger partial charge is 0.508 e. The lowest BCUT2D eigenvalue weighted by atomic mass is 10.2. The van der Waals surface area contributed by atoms with E-state index in [0.29, 0.717) is 5.75 Å². The third-order valence-corrected chi connectivity index (χ3v) is 5.52. The average molecular weight is 304 g/mol. The van der Waals surface area contributed by atoms with Crippen molar-refractivity contribution in [1.82, 2.24) is 14.9 Å². The summed E-state index contributed by atoms with van der Waals surface area (Å²) < 4.78 is 2.11. The first-order valence-corrected chi connectivity index (χ1v) is 8.10. The summed E-state index contributed by atoms with van der Waals surface area (Å²) in [4.78, 5) is 0. The molecule has 0 saturated carbocycles. The Hall–Kier alpha value is -1.60. The van der Waals surface area contributed by atoms with Crippen molar-refractivity contribution < 1.29 is 5.11 Å². The number of thioether (sulfide) groups is 2. The predicted molar refractivity (Wildman–Crippen MR) is 80.0 cm³/mol. The molecule has 0 radical (unpaired) electrons. The topological polar surface area (TPSA) is 54.2 Å². The third kappa shape index (κ3) is 1.66. The van der Waals surface area contributed by atoms with Gasteiger partial charge in [-0.1, -0.05) is 30.8 Å². The molecule has 0 spiro atoms. The van der Waals surface area contributed by atoms with Crippen LogP contribution in [0.15, 0.2) is 39.9 Å². The number of nitrogens with zero attached hydrogens (tertiary/aromatic N) is 4. The van der Waals surface area contributed by atoms with Gasteiger partial charge in [0.05, 0.1) is 0 Å². The molecule has 4 rings (SSSR count). The van der Waals surface area contributed by atoms with Gasteiger partial charge < -0.3 is 5.11 Å². The van der Waals surface area contributed by atoms with E-state index in [9.17, 15) is 5.11 Å². The van der Waals surface area contributed by atoms with Crippen molar-refractivity contribution in [2.24, 2.45) is 0 Å². The molecule has 3 heterocycles. The maximum atomic E-state index is 9.43. The van der Waals surface area contributed by atoms with Gasteiger partial charge in [0.2, 0.25) is 5.16 Å². The quantitative estimate of drug-likeness (QED) is 0.921. The highest BCUT2D eigenvalue weighted by molar-refractivity contribution is 8.07. The number of hydrogen-bond donors (Lipinski definition) is 1. The standard InChI is InChI=1S/C13H12N4OS2/c1-2-10-14-15-13-16(10)17-11(20-13)7-19-12(17)8-3-5-9(18)6-4-8/h3-7,12,18H,2H2,1H3. The van der Waals surface area contributed by atoms with Crippen LogP contribution in [0.4, 0.5) is 0 Å². The van der Waals surface area contributed by atoms with E-state index in [0.717, 1.165) is 23.0 Å². The number of aryl methyl sites for hydroxylation is 1. The Morgan fingerprint density at radius 3 is 2.80 bits per heavy atom. The number of benzene rings is 1. The van der Waals surface area contributed by atoms with E-state index in [2.05, 4.69) is 32.2 Å². The molecular formula is C13H12N4OS2. The second kappa shape index (κ2) is 4.46. The second-order valence-corrected chi connectivity index (χ2v) is 6.49. The van der Waals surface area contributed by atoms with E-state index >= 15 is 0 Å². The summed E-state index contributed by atoms with van der Waals surface area (Å²) >= 11 is 3.42. The molecule has 0 fully saturated rings. The van der Waals surface area contributed by atoms with Crippen LogP contribution in [-0.4, -0.2) is 20.0 Å². The summed E-state index contributed by atoms with van der Waals surface area (Å²) in [5.74, 6) is 1.27. The zero-order chi connectivity index (χ0) is 13.7. The van der Waals surface area contributed by atoms with Crippen LogP contribution >= 0.6 is 23.5 Å². The fraction of sp³-hybridized carbons (Fsp3) is 0.231. The van der Waals surface area contributed by atoms with Gasteiger partial charge >= 0.3 is 0 Å². The van der Waals surface area contributed by atoms with Gasteiger partial charge in [-0.25, -0.2) is 4.68 Å². The fourth-order valence-electron chi connectivity index (χ4n) is 2.37. The molecule has 102 valence electrons. The maximum Gasteiger partial charge on any atom is 0.216 e. The van der Waals surface area contributed by atoms with Crippen LogP contribution in [0, 0.1) is 0 Å². The number of aromatic hydroxyl groups is 1. The first kappa shape index (κ1) is 12.2. The summed E-state index contributed by atoms with van der Waals surface area (Å²) in [5, 5.41) is 24.6. The predicted octanol–water partition coefficient (Wildman–Crippen LogP) is 2.83. The summed E-state index contributed by atoms with van der Waals surface area (Å²) in [6, 6.07) is 7.38. The van der Waals surface area contributed by atoms with Gasteiger partial charge in [0.25, 0.3) is 0 Å². The molecule has 0 amide bonds. The fourth-order valence-corrected chi connectivity index (χ4v) is 4.62. The van der Waals surface area contributed by atoms with Crippen LogP contribution in [0.2, 0.25) is 0 Å². The lowest BCUT2D eigenvalue weighted by Gasteiger charge is -2.25. The van der Waals surface area contributed by atoms with E-state index in [1.807, 2.05) is 12.1 Å². The van der Waals surface area contributed by atoms with Gasteiger partial charge in [0, 0.05) is 11.8 Å². The SMILES string of the molecule is CCc1nnc2n1N1C(=CSC1c1ccc(O)cc1)S2. The Morgan fingerprint density at radius 1 is 1.25 bits per heavy atom. The molecule has 2 aliphatic rings. The number of phenols is 1. The zero-order valence-corrected chi connectivity index (χ0v) is 12.4. The first-order chi connectivity index (χ1) is 9.78. The molecule has 2 aliphatic heterocycles. The molecule has 2 aromatic rings. The minimum atomic E-state index is 0.167. The highest BCUT2D eigenvalue weighted by atomic mass is 32.2. The van der Waals surface area contributed by atoms with Crippen molar-refractivity contribution in [2.75, 3.05) is 5.01 Å². The summed E-state index contributed by atoms with van der Waals surface area (Å²) in [7, 11) is 0. The first-order valence-electron chi connectivity index (χ1n) is 6.34. The molecule has 5 nitrogen and oxygen atoms in total. The maximum absolute atomic E-state index is 9.43. The van der Waals surface area contributed by atoms with Crippen molar-refractivity contribution >= 4 is 23.5 Å². The second-order valence-electron chi connectivity index (χ2n) is 4.55. The molecule has 1 N–H and O–H groups in total. The Balaban J connectivity index is 1.76. The van der Waals surface area contributed by atoms with Gasteiger partial charge in [-0.05, 0) is 29.5 Å². The smallest absolute Gasteiger partial charge is 0.216 e. The Bertz CT molecular complexity index is 695. The molecule has 1 aromatic carbocycles.